The van der Waals surface area contributed by atoms with Crippen LogP contribution in [0.25, 0.3) is 10.9 Å². The van der Waals surface area contributed by atoms with Crippen LogP contribution in [0, 0.1) is 18.8 Å². The van der Waals surface area contributed by atoms with Crippen molar-refractivity contribution in [3.05, 3.63) is 82.8 Å². The number of aryl methyl sites for hydroxylation is 1. The maximum Gasteiger partial charge on any atom is 0.270 e. The molecule has 6 rings (SSSR count). The molecule has 3 aromatic heterocycles. The number of alkyl halides is 2. The van der Waals surface area contributed by atoms with Gasteiger partial charge in [-0.05, 0) is 49.4 Å². The second-order valence-corrected chi connectivity index (χ2v) is 9.35. The molecule has 35 heavy (non-hydrogen) atoms. The summed E-state index contributed by atoms with van der Waals surface area (Å²) in [7, 11) is 0. The first-order valence-corrected chi connectivity index (χ1v) is 11.6. The fourth-order valence-corrected chi connectivity index (χ4v) is 4.56. The zero-order valence-corrected chi connectivity index (χ0v) is 19.1. The molecule has 0 saturated heterocycles. The van der Waals surface area contributed by atoms with Gasteiger partial charge < -0.3 is 14.9 Å². The van der Waals surface area contributed by atoms with E-state index in [0.717, 1.165) is 22.3 Å². The first-order valence-electron chi connectivity index (χ1n) is 11.6. The summed E-state index contributed by atoms with van der Waals surface area (Å²) in [6.45, 7) is 2.02. The molecule has 1 aliphatic carbocycles. The van der Waals surface area contributed by atoms with Gasteiger partial charge in [-0.2, -0.15) is 0 Å². The van der Waals surface area contributed by atoms with Gasteiger partial charge >= 0.3 is 0 Å². The zero-order chi connectivity index (χ0) is 24.2. The number of amides is 1. The maximum absolute atomic E-state index is 14.1. The second kappa shape index (κ2) is 8.05. The van der Waals surface area contributed by atoms with E-state index >= 15 is 0 Å². The number of para-hydroxylation sites is 1. The van der Waals surface area contributed by atoms with Gasteiger partial charge in [-0.25, -0.2) is 18.7 Å². The van der Waals surface area contributed by atoms with Crippen molar-refractivity contribution in [2.75, 3.05) is 0 Å². The summed E-state index contributed by atoms with van der Waals surface area (Å²) in [5.41, 5.74) is 2.95. The summed E-state index contributed by atoms with van der Waals surface area (Å²) < 4.78 is 29.9. The number of aromatic nitrogens is 4. The summed E-state index contributed by atoms with van der Waals surface area (Å²) in [6.07, 6.45) is 1.78. The lowest BCUT2D eigenvalue weighted by Crippen LogP contribution is -2.31. The number of imidazole rings is 1. The number of carbonyl (C=O) groups is 1. The Labute approximate surface area is 200 Å². The Balaban J connectivity index is 1.36. The highest BCUT2D eigenvalue weighted by Crippen LogP contribution is 2.38. The summed E-state index contributed by atoms with van der Waals surface area (Å²) in [5, 5.41) is 4.04. The number of pyridine rings is 1. The molecule has 8 heteroatoms. The van der Waals surface area contributed by atoms with E-state index < -0.39 is 23.8 Å². The van der Waals surface area contributed by atoms with E-state index in [1.54, 1.807) is 30.0 Å². The van der Waals surface area contributed by atoms with Gasteiger partial charge in [0.2, 0.25) is 0 Å². The van der Waals surface area contributed by atoms with Gasteiger partial charge in [-0.15, -0.1) is 0 Å². The van der Waals surface area contributed by atoms with Crippen LogP contribution in [0.4, 0.5) is 8.78 Å². The van der Waals surface area contributed by atoms with Crippen molar-refractivity contribution in [1.29, 1.82) is 0 Å². The molecule has 1 unspecified atom stereocenters. The van der Waals surface area contributed by atoms with E-state index in [9.17, 15) is 13.6 Å². The average molecular weight is 472 g/mol. The first kappa shape index (κ1) is 21.5. The minimum absolute atomic E-state index is 0.179. The number of rotatable bonds is 4. The molecule has 1 fully saturated rings. The summed E-state index contributed by atoms with van der Waals surface area (Å²) in [4.78, 5) is 25.7. The highest BCUT2D eigenvalue weighted by Gasteiger charge is 2.41. The molecule has 1 aliphatic heterocycles. The molecular formula is C27H23F2N5O. The minimum atomic E-state index is -1.41. The SMILES string of the molecule is Cc1cc(C#CC2(F)CC2)cc(C(=O)NC(c2cc3ccccc3[nH]2)c2ncn3c2C[C@@H](F)C3)n1. The Morgan fingerprint density at radius 3 is 2.91 bits per heavy atom. The van der Waals surface area contributed by atoms with Crippen molar-refractivity contribution in [3.63, 3.8) is 0 Å². The summed E-state index contributed by atoms with van der Waals surface area (Å²) in [5.74, 6) is 5.08. The van der Waals surface area contributed by atoms with Crippen LogP contribution in [0.5, 0.6) is 0 Å². The lowest BCUT2D eigenvalue weighted by atomic mass is 10.1. The number of H-pyrrole nitrogens is 1. The van der Waals surface area contributed by atoms with Crippen LogP contribution in [-0.2, 0) is 13.0 Å². The molecule has 6 nitrogen and oxygen atoms in total. The lowest BCUT2D eigenvalue weighted by molar-refractivity contribution is 0.0936. The Morgan fingerprint density at radius 2 is 2.11 bits per heavy atom. The van der Waals surface area contributed by atoms with E-state index in [1.165, 1.54) is 0 Å². The normalized spacial score (nSPS) is 18.5. The Bertz CT molecular complexity index is 1490. The van der Waals surface area contributed by atoms with Gasteiger partial charge in [0.1, 0.15) is 17.9 Å². The fourth-order valence-electron chi connectivity index (χ4n) is 4.56. The maximum atomic E-state index is 14.1. The third kappa shape index (κ3) is 4.18. The number of benzene rings is 1. The number of nitrogens with zero attached hydrogens (tertiary/aromatic N) is 3. The number of carbonyl (C=O) groups excluding carboxylic acids is 1. The Morgan fingerprint density at radius 1 is 1.29 bits per heavy atom. The van der Waals surface area contributed by atoms with E-state index in [2.05, 4.69) is 32.1 Å². The van der Waals surface area contributed by atoms with E-state index in [0.29, 0.717) is 29.8 Å². The van der Waals surface area contributed by atoms with Crippen LogP contribution < -0.4 is 5.32 Å². The first-order chi connectivity index (χ1) is 16.9. The van der Waals surface area contributed by atoms with Gasteiger partial charge in [-0.3, -0.25) is 4.79 Å². The fraction of sp³-hybridized carbons (Fsp3) is 0.296. The molecule has 2 N–H and O–H groups in total. The monoisotopic (exact) mass is 471 g/mol. The number of hydrogen-bond donors (Lipinski definition) is 2. The molecule has 176 valence electrons. The molecule has 1 aromatic carbocycles. The number of fused-ring (bicyclic) bond motifs is 2. The van der Waals surface area contributed by atoms with E-state index in [1.807, 2.05) is 30.3 Å². The number of hydrogen-bond acceptors (Lipinski definition) is 3. The molecule has 4 aromatic rings. The zero-order valence-electron chi connectivity index (χ0n) is 19.1. The van der Waals surface area contributed by atoms with Crippen LogP contribution in [0.1, 0.15) is 57.7 Å². The molecule has 1 saturated carbocycles. The molecular weight excluding hydrogens is 448 g/mol. The molecule has 1 amide bonds. The standard InChI is InChI=1S/C27H23F2N5O/c1-16-10-17(6-7-27(29)8-9-27)11-22(31-16)26(35)33-24(21-12-18-4-2-3-5-20(18)32-21)25-23-13-19(28)14-34(23)15-30-25/h2-5,10-12,15,19,24,32H,8-9,13-14H2,1H3,(H,33,35)/t19-,24?/m1/s1. The van der Waals surface area contributed by atoms with Gasteiger partial charge in [0, 0.05) is 34.6 Å². The third-order valence-electron chi connectivity index (χ3n) is 6.50. The highest BCUT2D eigenvalue weighted by atomic mass is 19.1. The van der Waals surface area contributed by atoms with Gasteiger partial charge in [-0.1, -0.05) is 30.0 Å². The topological polar surface area (TPSA) is 75.6 Å². The molecule has 0 spiro atoms. The largest absolute Gasteiger partial charge is 0.356 e. The van der Waals surface area contributed by atoms with E-state index in [-0.39, 0.29) is 18.7 Å². The summed E-state index contributed by atoms with van der Waals surface area (Å²) >= 11 is 0. The predicted molar refractivity (Wildman–Crippen MR) is 127 cm³/mol. The van der Waals surface area contributed by atoms with Crippen molar-refractivity contribution >= 4 is 16.8 Å². The molecule has 0 bridgehead atoms. The predicted octanol–water partition coefficient (Wildman–Crippen LogP) is 4.34. The van der Waals surface area contributed by atoms with Crippen molar-refractivity contribution in [1.82, 2.24) is 24.8 Å². The third-order valence-corrected chi connectivity index (χ3v) is 6.50. The Kier molecular flexibility index (Phi) is 4.95. The van der Waals surface area contributed by atoms with Crippen molar-refractivity contribution in [2.45, 2.75) is 50.6 Å². The number of halogens is 2. The van der Waals surface area contributed by atoms with Gasteiger partial charge in [0.15, 0.2) is 5.67 Å². The van der Waals surface area contributed by atoms with Crippen molar-refractivity contribution in [2.24, 2.45) is 0 Å². The van der Waals surface area contributed by atoms with Crippen LogP contribution in [-0.4, -0.2) is 37.3 Å². The van der Waals surface area contributed by atoms with Crippen molar-refractivity contribution < 1.29 is 13.6 Å². The van der Waals surface area contributed by atoms with E-state index in [4.69, 9.17) is 0 Å². The smallest absolute Gasteiger partial charge is 0.270 e. The van der Waals surface area contributed by atoms with Crippen LogP contribution in [0.3, 0.4) is 0 Å². The number of nitrogens with one attached hydrogen (secondary N) is 2. The minimum Gasteiger partial charge on any atom is -0.356 e. The van der Waals surface area contributed by atoms with Crippen molar-refractivity contribution in [3.8, 4) is 11.8 Å². The Hall–Kier alpha value is -3.99. The van der Waals surface area contributed by atoms with Gasteiger partial charge in [0.25, 0.3) is 5.91 Å². The number of aromatic amines is 1. The molecule has 2 atom stereocenters. The molecule has 0 radical (unpaired) electrons. The highest BCUT2D eigenvalue weighted by molar-refractivity contribution is 5.93. The molecule has 4 heterocycles. The van der Waals surface area contributed by atoms with Crippen LogP contribution >= 0.6 is 0 Å². The average Bonchev–Trinajstić information content (AvgIpc) is 3.14. The van der Waals surface area contributed by atoms with Gasteiger partial charge in [0.05, 0.1) is 18.6 Å². The van der Waals surface area contributed by atoms with Crippen LogP contribution in [0.15, 0.2) is 48.8 Å². The lowest BCUT2D eigenvalue weighted by Gasteiger charge is -2.17. The second-order valence-electron chi connectivity index (χ2n) is 9.35. The van der Waals surface area contributed by atoms with Crippen LogP contribution in [0.2, 0.25) is 0 Å². The quantitative estimate of drug-likeness (QED) is 0.435. The molecule has 2 aliphatic rings. The summed E-state index contributed by atoms with van der Waals surface area (Å²) in [6, 6.07) is 12.4.